The predicted octanol–water partition coefficient (Wildman–Crippen LogP) is 3.40. The number of methoxy groups -OCH3 is 1. The largest absolute Gasteiger partial charge is 0.463 e. The number of esters is 1. The molecule has 0 amide bonds. The molecular weight excluding hydrogens is 266 g/mol. The van der Waals surface area contributed by atoms with Gasteiger partial charge in [0.05, 0.1) is 13.7 Å². The molecule has 3 rings (SSSR count). The Morgan fingerprint density at radius 2 is 2.10 bits per heavy atom. The van der Waals surface area contributed by atoms with Crippen LogP contribution in [0.1, 0.15) is 40.8 Å². The molecule has 4 heteroatoms. The number of rotatable bonds is 4. The van der Waals surface area contributed by atoms with Gasteiger partial charge in [-0.05, 0) is 37.1 Å². The quantitative estimate of drug-likeness (QED) is 0.807. The van der Waals surface area contributed by atoms with Crippen molar-refractivity contribution in [3.8, 4) is 0 Å². The Bertz CT molecular complexity index is 606. The lowest BCUT2D eigenvalue weighted by Crippen LogP contribution is -2.22. The van der Waals surface area contributed by atoms with Gasteiger partial charge in [0, 0.05) is 6.04 Å². The van der Waals surface area contributed by atoms with Gasteiger partial charge in [0.2, 0.25) is 5.76 Å². The van der Waals surface area contributed by atoms with Gasteiger partial charge in [0.25, 0.3) is 0 Å². The number of carbonyl (C=O) groups is 1. The zero-order valence-corrected chi connectivity index (χ0v) is 12.1. The van der Waals surface area contributed by atoms with Crippen molar-refractivity contribution in [2.45, 2.75) is 25.4 Å². The lowest BCUT2D eigenvalue weighted by molar-refractivity contribution is 0.0561. The number of ether oxygens (including phenoxy) is 1. The molecule has 1 aliphatic heterocycles. The van der Waals surface area contributed by atoms with Crippen molar-refractivity contribution in [2.75, 3.05) is 13.7 Å². The van der Waals surface area contributed by atoms with Gasteiger partial charge in [0.1, 0.15) is 5.76 Å². The van der Waals surface area contributed by atoms with E-state index in [0.29, 0.717) is 6.04 Å². The molecule has 21 heavy (non-hydrogen) atoms. The van der Waals surface area contributed by atoms with Crippen LogP contribution < -0.4 is 0 Å². The highest BCUT2D eigenvalue weighted by molar-refractivity contribution is 5.86. The highest BCUT2D eigenvalue weighted by atomic mass is 16.5. The molecule has 0 radical (unpaired) electrons. The third-order valence-electron chi connectivity index (χ3n) is 3.96. The first-order valence-electron chi connectivity index (χ1n) is 7.24. The van der Waals surface area contributed by atoms with Gasteiger partial charge in [-0.3, -0.25) is 4.90 Å². The van der Waals surface area contributed by atoms with Crippen molar-refractivity contribution < 1.29 is 13.9 Å². The minimum atomic E-state index is -0.428. The zero-order chi connectivity index (χ0) is 14.7. The number of hydrogen-bond acceptors (Lipinski definition) is 4. The van der Waals surface area contributed by atoms with Crippen LogP contribution in [0.5, 0.6) is 0 Å². The summed E-state index contributed by atoms with van der Waals surface area (Å²) in [6, 6.07) is 14.5. The SMILES string of the molecule is COC(=O)c1ccc(CN2CCCC2c2ccccc2)o1. The average molecular weight is 285 g/mol. The van der Waals surface area contributed by atoms with Gasteiger partial charge >= 0.3 is 5.97 Å². The highest BCUT2D eigenvalue weighted by Crippen LogP contribution is 2.33. The van der Waals surface area contributed by atoms with Crippen molar-refractivity contribution in [1.29, 1.82) is 0 Å². The van der Waals surface area contributed by atoms with E-state index in [0.717, 1.165) is 25.3 Å². The number of likely N-dealkylation sites (tertiary alicyclic amines) is 1. The maximum Gasteiger partial charge on any atom is 0.373 e. The van der Waals surface area contributed by atoms with Crippen molar-refractivity contribution in [2.24, 2.45) is 0 Å². The molecule has 0 spiro atoms. The van der Waals surface area contributed by atoms with Crippen LogP contribution in [0.3, 0.4) is 0 Å². The summed E-state index contributed by atoms with van der Waals surface area (Å²) in [5.41, 5.74) is 1.34. The molecule has 4 nitrogen and oxygen atoms in total. The maximum atomic E-state index is 11.4. The Balaban J connectivity index is 1.72. The number of furan rings is 1. The molecule has 0 bridgehead atoms. The summed E-state index contributed by atoms with van der Waals surface area (Å²) in [5.74, 6) is 0.642. The monoisotopic (exact) mass is 285 g/mol. The molecule has 0 saturated carbocycles. The van der Waals surface area contributed by atoms with Crippen LogP contribution in [0.25, 0.3) is 0 Å². The second kappa shape index (κ2) is 6.14. The second-order valence-electron chi connectivity index (χ2n) is 5.30. The van der Waals surface area contributed by atoms with E-state index in [4.69, 9.17) is 4.42 Å². The molecule has 2 aromatic rings. The van der Waals surface area contributed by atoms with E-state index in [-0.39, 0.29) is 5.76 Å². The molecular formula is C17H19NO3. The first-order chi connectivity index (χ1) is 10.3. The molecule has 1 atom stereocenters. The minimum absolute atomic E-state index is 0.267. The Morgan fingerprint density at radius 1 is 1.29 bits per heavy atom. The Morgan fingerprint density at radius 3 is 2.86 bits per heavy atom. The topological polar surface area (TPSA) is 42.7 Å². The fourth-order valence-corrected chi connectivity index (χ4v) is 2.94. The lowest BCUT2D eigenvalue weighted by atomic mass is 10.0. The van der Waals surface area contributed by atoms with Gasteiger partial charge in [-0.25, -0.2) is 4.79 Å². The molecule has 1 unspecified atom stereocenters. The van der Waals surface area contributed by atoms with Crippen LogP contribution in [0, 0.1) is 0 Å². The average Bonchev–Trinajstić information content (AvgIpc) is 3.17. The Kier molecular flexibility index (Phi) is 4.06. The molecule has 1 aliphatic rings. The van der Waals surface area contributed by atoms with E-state index >= 15 is 0 Å². The summed E-state index contributed by atoms with van der Waals surface area (Å²) in [7, 11) is 1.36. The fraction of sp³-hybridized carbons (Fsp3) is 0.353. The number of benzene rings is 1. The van der Waals surface area contributed by atoms with Crippen molar-refractivity contribution in [3.63, 3.8) is 0 Å². The van der Waals surface area contributed by atoms with Gasteiger partial charge in [0.15, 0.2) is 0 Å². The molecule has 0 aliphatic carbocycles. The smallest absolute Gasteiger partial charge is 0.373 e. The van der Waals surface area contributed by atoms with Crippen LogP contribution >= 0.6 is 0 Å². The normalized spacial score (nSPS) is 18.8. The van der Waals surface area contributed by atoms with E-state index in [1.165, 1.54) is 19.1 Å². The van der Waals surface area contributed by atoms with E-state index in [9.17, 15) is 4.79 Å². The minimum Gasteiger partial charge on any atom is -0.463 e. The second-order valence-corrected chi connectivity index (χ2v) is 5.30. The summed E-state index contributed by atoms with van der Waals surface area (Å²) >= 11 is 0. The van der Waals surface area contributed by atoms with Crippen molar-refractivity contribution >= 4 is 5.97 Å². The third kappa shape index (κ3) is 3.00. The number of carbonyl (C=O) groups excluding carboxylic acids is 1. The summed E-state index contributed by atoms with van der Waals surface area (Å²) < 4.78 is 10.2. The van der Waals surface area contributed by atoms with Crippen LogP contribution in [0.4, 0.5) is 0 Å². The highest BCUT2D eigenvalue weighted by Gasteiger charge is 2.26. The Hall–Kier alpha value is -2.07. The number of nitrogens with zero attached hydrogens (tertiary/aromatic N) is 1. The number of hydrogen-bond donors (Lipinski definition) is 0. The van der Waals surface area contributed by atoms with Gasteiger partial charge in [-0.15, -0.1) is 0 Å². The summed E-state index contributed by atoms with van der Waals surface area (Å²) in [6.45, 7) is 1.77. The molecule has 0 N–H and O–H groups in total. The van der Waals surface area contributed by atoms with E-state index < -0.39 is 5.97 Å². The third-order valence-corrected chi connectivity index (χ3v) is 3.96. The molecule has 110 valence electrons. The zero-order valence-electron chi connectivity index (χ0n) is 12.1. The summed E-state index contributed by atoms with van der Waals surface area (Å²) in [5, 5.41) is 0. The molecule has 1 saturated heterocycles. The summed E-state index contributed by atoms with van der Waals surface area (Å²) in [4.78, 5) is 13.8. The van der Waals surface area contributed by atoms with Crippen LogP contribution in [-0.2, 0) is 11.3 Å². The first-order valence-corrected chi connectivity index (χ1v) is 7.24. The van der Waals surface area contributed by atoms with Crippen LogP contribution in [0.15, 0.2) is 46.9 Å². The van der Waals surface area contributed by atoms with Gasteiger partial charge < -0.3 is 9.15 Å². The molecule has 2 heterocycles. The van der Waals surface area contributed by atoms with Crippen molar-refractivity contribution in [3.05, 3.63) is 59.5 Å². The van der Waals surface area contributed by atoms with E-state index in [1.54, 1.807) is 6.07 Å². The molecule has 1 fully saturated rings. The van der Waals surface area contributed by atoms with Crippen LogP contribution in [0.2, 0.25) is 0 Å². The maximum absolute atomic E-state index is 11.4. The summed E-state index contributed by atoms with van der Waals surface area (Å²) in [6.07, 6.45) is 2.35. The Labute approximate surface area is 124 Å². The lowest BCUT2D eigenvalue weighted by Gasteiger charge is -2.23. The fourth-order valence-electron chi connectivity index (χ4n) is 2.94. The van der Waals surface area contributed by atoms with Gasteiger partial charge in [-0.2, -0.15) is 0 Å². The molecule has 1 aromatic carbocycles. The molecule has 1 aromatic heterocycles. The van der Waals surface area contributed by atoms with E-state index in [2.05, 4.69) is 33.9 Å². The predicted molar refractivity (Wildman–Crippen MR) is 78.9 cm³/mol. The van der Waals surface area contributed by atoms with E-state index in [1.807, 2.05) is 12.1 Å². The first kappa shape index (κ1) is 13.9. The standard InChI is InChI=1S/C17H19NO3/c1-20-17(19)16-10-9-14(21-16)12-18-11-5-8-15(18)13-6-3-2-4-7-13/h2-4,6-7,9-10,15H,5,8,11-12H2,1H3. The van der Waals surface area contributed by atoms with Gasteiger partial charge in [-0.1, -0.05) is 30.3 Å². The van der Waals surface area contributed by atoms with Crippen molar-refractivity contribution in [1.82, 2.24) is 4.90 Å². The van der Waals surface area contributed by atoms with Crippen LogP contribution in [-0.4, -0.2) is 24.5 Å².